The molecule has 1 aromatic heterocycles. The van der Waals surface area contributed by atoms with E-state index in [4.69, 9.17) is 5.26 Å². The summed E-state index contributed by atoms with van der Waals surface area (Å²) < 4.78 is 0. The molecule has 0 spiro atoms. The van der Waals surface area contributed by atoms with Crippen molar-refractivity contribution < 1.29 is 0 Å². The maximum atomic E-state index is 8.57. The highest BCUT2D eigenvalue weighted by atomic mass is 32.1. The van der Waals surface area contributed by atoms with Gasteiger partial charge in [0, 0.05) is 5.39 Å². The van der Waals surface area contributed by atoms with E-state index < -0.39 is 0 Å². The van der Waals surface area contributed by atoms with Crippen molar-refractivity contribution in [2.75, 3.05) is 0 Å². The molecule has 51 valence electrons. The van der Waals surface area contributed by atoms with Crippen LogP contribution < -0.4 is 0 Å². The third-order valence-electron chi connectivity index (χ3n) is 1.54. The Morgan fingerprint density at radius 3 is 3.18 bits per heavy atom. The van der Waals surface area contributed by atoms with Gasteiger partial charge in [0.15, 0.2) is 0 Å². The van der Waals surface area contributed by atoms with Gasteiger partial charge in [0.1, 0.15) is 0 Å². The van der Waals surface area contributed by atoms with E-state index in [9.17, 15) is 0 Å². The second-order valence-corrected chi connectivity index (χ2v) is 2.93. The lowest BCUT2D eigenvalue weighted by atomic mass is 10.1. The minimum absolute atomic E-state index is 0.701. The lowest BCUT2D eigenvalue weighted by molar-refractivity contribution is 1.50. The second kappa shape index (κ2) is 2.37. The number of fused-ring (bicyclic) bond motifs is 1. The first-order valence-electron chi connectivity index (χ1n) is 3.19. The fraction of sp³-hybridized carbons (Fsp3) is 0. The van der Waals surface area contributed by atoms with Crippen LogP contribution in [0.5, 0.6) is 0 Å². The number of hydrogen-bond donors (Lipinski definition) is 0. The van der Waals surface area contributed by atoms with Gasteiger partial charge in [-0.15, -0.1) is 11.3 Å². The summed E-state index contributed by atoms with van der Waals surface area (Å²) in [5, 5.41) is 15.9. The molecule has 0 bridgehead atoms. The standard InChI is InChI=1S/C9H4NS/c10-4-7-1-2-8-5-11-6-9(8)3-7/h1-3,5H. The largest absolute Gasteiger partial charge is 0.192 e. The molecule has 11 heavy (non-hydrogen) atoms. The van der Waals surface area contributed by atoms with Crippen LogP contribution in [-0.2, 0) is 0 Å². The van der Waals surface area contributed by atoms with Crippen molar-refractivity contribution in [3.63, 3.8) is 0 Å². The Labute approximate surface area is 68.5 Å². The van der Waals surface area contributed by atoms with E-state index in [0.29, 0.717) is 5.56 Å². The summed E-state index contributed by atoms with van der Waals surface area (Å²) in [4.78, 5) is 0. The lowest BCUT2D eigenvalue weighted by Gasteiger charge is -1.87. The zero-order chi connectivity index (χ0) is 7.68. The molecule has 1 aromatic carbocycles. The van der Waals surface area contributed by atoms with Gasteiger partial charge < -0.3 is 0 Å². The molecule has 0 fully saturated rings. The van der Waals surface area contributed by atoms with Gasteiger partial charge in [-0.05, 0) is 22.9 Å². The Morgan fingerprint density at radius 2 is 2.36 bits per heavy atom. The first-order chi connectivity index (χ1) is 5.40. The van der Waals surface area contributed by atoms with Crippen molar-refractivity contribution in [1.82, 2.24) is 0 Å². The molecular weight excluding hydrogens is 154 g/mol. The molecule has 0 aliphatic rings. The van der Waals surface area contributed by atoms with Gasteiger partial charge in [0.2, 0.25) is 0 Å². The molecule has 2 aromatic rings. The van der Waals surface area contributed by atoms with E-state index in [1.807, 2.05) is 23.6 Å². The molecule has 0 amide bonds. The normalized spacial score (nSPS) is 9.73. The number of thiophene rings is 1. The van der Waals surface area contributed by atoms with E-state index >= 15 is 0 Å². The van der Waals surface area contributed by atoms with E-state index in [1.54, 1.807) is 0 Å². The summed E-state index contributed by atoms with van der Waals surface area (Å²) in [6.07, 6.45) is 0. The van der Waals surface area contributed by atoms with Gasteiger partial charge in [-0.3, -0.25) is 0 Å². The first kappa shape index (κ1) is 6.38. The zero-order valence-electron chi connectivity index (χ0n) is 5.66. The molecule has 2 rings (SSSR count). The van der Waals surface area contributed by atoms with Gasteiger partial charge in [-0.1, -0.05) is 6.07 Å². The Morgan fingerprint density at radius 1 is 1.45 bits per heavy atom. The van der Waals surface area contributed by atoms with Crippen molar-refractivity contribution in [2.24, 2.45) is 0 Å². The molecule has 0 atom stereocenters. The number of nitrogens with zero attached hydrogens (tertiary/aromatic N) is 1. The average Bonchev–Trinajstić information content (AvgIpc) is 2.50. The van der Waals surface area contributed by atoms with Crippen LogP contribution in [0.1, 0.15) is 5.56 Å². The Balaban J connectivity index is 2.79. The minimum Gasteiger partial charge on any atom is -0.192 e. The molecule has 0 aliphatic heterocycles. The van der Waals surface area contributed by atoms with Crippen molar-refractivity contribution in [3.8, 4) is 6.07 Å². The quantitative estimate of drug-likeness (QED) is 0.578. The molecule has 0 aliphatic carbocycles. The average molecular weight is 158 g/mol. The fourth-order valence-electron chi connectivity index (χ4n) is 0.973. The Bertz CT molecular complexity index is 422. The van der Waals surface area contributed by atoms with Crippen molar-refractivity contribution >= 4 is 22.1 Å². The van der Waals surface area contributed by atoms with Crippen LogP contribution in [0.2, 0.25) is 0 Å². The van der Waals surface area contributed by atoms with Crippen LogP contribution in [-0.4, -0.2) is 0 Å². The first-order valence-corrected chi connectivity index (χ1v) is 4.07. The highest BCUT2D eigenvalue weighted by Gasteiger charge is 1.95. The van der Waals surface area contributed by atoms with Crippen LogP contribution in [0.15, 0.2) is 23.6 Å². The van der Waals surface area contributed by atoms with E-state index in [1.165, 1.54) is 11.3 Å². The summed E-state index contributed by atoms with van der Waals surface area (Å²) in [6, 6.07) is 7.71. The molecule has 2 heteroatoms. The smallest absolute Gasteiger partial charge is 0.0991 e. The van der Waals surface area contributed by atoms with Gasteiger partial charge in [0.25, 0.3) is 0 Å². The van der Waals surface area contributed by atoms with Crippen molar-refractivity contribution in [2.45, 2.75) is 0 Å². The van der Waals surface area contributed by atoms with Crippen LogP contribution in [0.4, 0.5) is 0 Å². The highest BCUT2D eigenvalue weighted by Crippen LogP contribution is 2.18. The summed E-state index contributed by atoms with van der Waals surface area (Å²) in [5.41, 5.74) is 0.701. The summed E-state index contributed by atoms with van der Waals surface area (Å²) in [5.74, 6) is 0. The van der Waals surface area contributed by atoms with E-state index in [2.05, 4.69) is 11.4 Å². The molecule has 0 saturated carbocycles. The van der Waals surface area contributed by atoms with E-state index in [0.717, 1.165) is 10.8 Å². The summed E-state index contributed by atoms with van der Waals surface area (Å²) >= 11 is 1.54. The van der Waals surface area contributed by atoms with Crippen LogP contribution in [0, 0.1) is 16.7 Å². The molecule has 1 radical (unpaired) electrons. The number of nitriles is 1. The Kier molecular flexibility index (Phi) is 1.38. The van der Waals surface area contributed by atoms with Crippen molar-refractivity contribution in [1.29, 1.82) is 5.26 Å². The fourth-order valence-corrected chi connectivity index (χ4v) is 1.67. The van der Waals surface area contributed by atoms with Gasteiger partial charge >= 0.3 is 0 Å². The number of hydrogen-bond acceptors (Lipinski definition) is 2. The van der Waals surface area contributed by atoms with Gasteiger partial charge in [-0.2, -0.15) is 5.26 Å². The Hall–Kier alpha value is -1.33. The third-order valence-corrected chi connectivity index (χ3v) is 2.25. The third kappa shape index (κ3) is 0.997. The highest BCUT2D eigenvalue weighted by molar-refractivity contribution is 7.08. The monoisotopic (exact) mass is 158 g/mol. The number of benzene rings is 1. The van der Waals surface area contributed by atoms with Crippen LogP contribution in [0.3, 0.4) is 0 Å². The van der Waals surface area contributed by atoms with Crippen molar-refractivity contribution in [3.05, 3.63) is 34.5 Å². The molecular formula is C9H4NS. The molecule has 1 nitrogen and oxygen atoms in total. The van der Waals surface area contributed by atoms with Gasteiger partial charge in [0.05, 0.1) is 17.0 Å². The SMILES string of the molecule is N#Cc1ccc2cs[c]c2c1. The molecule has 0 unspecified atom stereocenters. The van der Waals surface area contributed by atoms with Crippen LogP contribution >= 0.6 is 11.3 Å². The van der Waals surface area contributed by atoms with Crippen LogP contribution in [0.25, 0.3) is 10.8 Å². The second-order valence-electron chi connectivity index (χ2n) is 2.25. The minimum atomic E-state index is 0.701. The maximum absolute atomic E-state index is 8.57. The number of rotatable bonds is 0. The summed E-state index contributed by atoms with van der Waals surface area (Å²) in [7, 11) is 0. The lowest BCUT2D eigenvalue weighted by Crippen LogP contribution is -1.70. The topological polar surface area (TPSA) is 23.8 Å². The summed E-state index contributed by atoms with van der Waals surface area (Å²) in [6.45, 7) is 0. The van der Waals surface area contributed by atoms with Gasteiger partial charge in [-0.25, -0.2) is 0 Å². The van der Waals surface area contributed by atoms with E-state index in [-0.39, 0.29) is 0 Å². The molecule has 0 N–H and O–H groups in total. The molecule has 0 saturated heterocycles. The molecule has 1 heterocycles. The maximum Gasteiger partial charge on any atom is 0.0991 e. The zero-order valence-corrected chi connectivity index (χ0v) is 6.48. The predicted octanol–water partition coefficient (Wildman–Crippen LogP) is 2.57. The predicted molar refractivity (Wildman–Crippen MR) is 45.4 cm³/mol.